The molecule has 1 saturated heterocycles. The number of hydrogen-bond donors (Lipinski definition) is 3. The number of anilines is 2. The third kappa shape index (κ3) is 6.55. The highest BCUT2D eigenvalue weighted by molar-refractivity contribution is 5.98. The molecule has 1 fully saturated rings. The molecule has 0 spiro atoms. The summed E-state index contributed by atoms with van der Waals surface area (Å²) in [6.07, 6.45) is 1.42. The van der Waals surface area contributed by atoms with Gasteiger partial charge in [-0.2, -0.15) is 0 Å². The van der Waals surface area contributed by atoms with Crippen molar-refractivity contribution in [1.82, 2.24) is 5.32 Å². The number of para-hydroxylation sites is 2. The summed E-state index contributed by atoms with van der Waals surface area (Å²) in [6.45, 7) is 8.38. The van der Waals surface area contributed by atoms with E-state index in [-0.39, 0.29) is 11.9 Å². The van der Waals surface area contributed by atoms with Gasteiger partial charge in [-0.1, -0.05) is 12.1 Å². The Morgan fingerprint density at radius 2 is 1.92 bits per heavy atom. The number of carbonyl (C=O) groups excluding carboxylic acids is 2. The molecule has 2 rings (SSSR count). The second kappa shape index (κ2) is 8.89. The third-order valence-electron chi connectivity index (χ3n) is 3.83. The maximum atomic E-state index is 12.4. The van der Waals surface area contributed by atoms with Gasteiger partial charge in [0.15, 0.2) is 0 Å². The van der Waals surface area contributed by atoms with E-state index in [9.17, 15) is 9.59 Å². The van der Waals surface area contributed by atoms with E-state index in [2.05, 4.69) is 16.0 Å². The van der Waals surface area contributed by atoms with Crippen molar-refractivity contribution in [2.24, 2.45) is 0 Å². The van der Waals surface area contributed by atoms with Gasteiger partial charge in [-0.05, 0) is 52.7 Å². The van der Waals surface area contributed by atoms with Crippen LogP contribution in [0.1, 0.15) is 40.5 Å². The van der Waals surface area contributed by atoms with Crippen molar-refractivity contribution >= 4 is 23.4 Å². The van der Waals surface area contributed by atoms with Crippen LogP contribution in [0, 0.1) is 0 Å². The largest absolute Gasteiger partial charge is 0.444 e. The maximum absolute atomic E-state index is 12.4. The molecule has 26 heavy (non-hydrogen) atoms. The van der Waals surface area contributed by atoms with Crippen molar-refractivity contribution in [1.29, 1.82) is 0 Å². The van der Waals surface area contributed by atoms with Gasteiger partial charge in [-0.15, -0.1) is 0 Å². The molecular formula is C19H29N3O4. The van der Waals surface area contributed by atoms with Crippen LogP contribution in [0.2, 0.25) is 0 Å². The molecule has 1 heterocycles. The number of hydrogen-bond acceptors (Lipinski definition) is 5. The van der Waals surface area contributed by atoms with Crippen LogP contribution in [0.4, 0.5) is 16.2 Å². The van der Waals surface area contributed by atoms with E-state index in [1.165, 1.54) is 0 Å². The fourth-order valence-corrected chi connectivity index (χ4v) is 2.58. The van der Waals surface area contributed by atoms with E-state index < -0.39 is 17.7 Å². The summed E-state index contributed by atoms with van der Waals surface area (Å²) in [6, 6.07) is 6.99. The number of nitrogens with one attached hydrogen (secondary N) is 3. The van der Waals surface area contributed by atoms with Gasteiger partial charge in [0, 0.05) is 12.6 Å². The van der Waals surface area contributed by atoms with Gasteiger partial charge in [-0.25, -0.2) is 4.79 Å². The lowest BCUT2D eigenvalue weighted by atomic mass is 10.1. The molecule has 1 aliphatic rings. The Morgan fingerprint density at radius 3 is 2.54 bits per heavy atom. The maximum Gasteiger partial charge on any atom is 0.408 e. The molecule has 1 unspecified atom stereocenters. The molecule has 2 amide bonds. The van der Waals surface area contributed by atoms with Gasteiger partial charge in [0.2, 0.25) is 5.91 Å². The monoisotopic (exact) mass is 363 g/mol. The number of alkyl carbamates (subject to hydrolysis) is 1. The van der Waals surface area contributed by atoms with Crippen LogP contribution in [-0.4, -0.2) is 42.9 Å². The second-order valence-electron chi connectivity index (χ2n) is 7.46. The Bertz CT molecular complexity index is 621. The van der Waals surface area contributed by atoms with E-state index in [4.69, 9.17) is 9.47 Å². The summed E-state index contributed by atoms with van der Waals surface area (Å²) < 4.78 is 10.7. The van der Waals surface area contributed by atoms with Gasteiger partial charge in [0.1, 0.15) is 11.6 Å². The van der Waals surface area contributed by atoms with E-state index >= 15 is 0 Å². The first-order valence-electron chi connectivity index (χ1n) is 8.98. The lowest BCUT2D eigenvalue weighted by molar-refractivity contribution is -0.117. The third-order valence-corrected chi connectivity index (χ3v) is 3.83. The minimum absolute atomic E-state index is 0.221. The average Bonchev–Trinajstić information content (AvgIpc) is 2.55. The Hall–Kier alpha value is -2.28. The minimum Gasteiger partial charge on any atom is -0.444 e. The summed E-state index contributed by atoms with van der Waals surface area (Å²) >= 11 is 0. The van der Waals surface area contributed by atoms with Crippen LogP contribution in [0.15, 0.2) is 24.3 Å². The quantitative estimate of drug-likeness (QED) is 0.748. The topological polar surface area (TPSA) is 88.7 Å². The number of benzene rings is 1. The van der Waals surface area contributed by atoms with Crippen LogP contribution < -0.4 is 16.0 Å². The molecule has 7 nitrogen and oxygen atoms in total. The van der Waals surface area contributed by atoms with Crippen LogP contribution in [0.25, 0.3) is 0 Å². The Balaban J connectivity index is 1.94. The number of rotatable bonds is 5. The van der Waals surface area contributed by atoms with Gasteiger partial charge in [0.05, 0.1) is 18.0 Å². The molecule has 144 valence electrons. The lowest BCUT2D eigenvalue weighted by Crippen LogP contribution is -2.44. The first-order valence-corrected chi connectivity index (χ1v) is 8.98. The van der Waals surface area contributed by atoms with Crippen LogP contribution in [-0.2, 0) is 14.3 Å². The fourth-order valence-electron chi connectivity index (χ4n) is 2.58. The minimum atomic E-state index is -0.726. The molecule has 1 aromatic carbocycles. The van der Waals surface area contributed by atoms with Crippen molar-refractivity contribution in [3.05, 3.63) is 24.3 Å². The van der Waals surface area contributed by atoms with E-state index in [0.717, 1.165) is 25.1 Å². The summed E-state index contributed by atoms with van der Waals surface area (Å²) in [4.78, 5) is 24.2. The highest BCUT2D eigenvalue weighted by Gasteiger charge is 2.22. The molecule has 7 heteroatoms. The van der Waals surface area contributed by atoms with Crippen molar-refractivity contribution in [2.45, 2.75) is 58.2 Å². The van der Waals surface area contributed by atoms with Crippen molar-refractivity contribution in [3.8, 4) is 0 Å². The van der Waals surface area contributed by atoms with E-state index in [1.807, 2.05) is 24.3 Å². The first kappa shape index (κ1) is 20.0. The zero-order valence-corrected chi connectivity index (χ0v) is 15.9. The smallest absolute Gasteiger partial charge is 0.408 e. The lowest BCUT2D eigenvalue weighted by Gasteiger charge is -2.26. The van der Waals surface area contributed by atoms with E-state index in [1.54, 1.807) is 27.7 Å². The summed E-state index contributed by atoms with van der Waals surface area (Å²) in [5, 5.41) is 8.81. The van der Waals surface area contributed by atoms with Gasteiger partial charge >= 0.3 is 6.09 Å². The van der Waals surface area contributed by atoms with Crippen molar-refractivity contribution in [2.75, 3.05) is 23.8 Å². The molecule has 0 aliphatic carbocycles. The Morgan fingerprint density at radius 1 is 1.23 bits per heavy atom. The SMILES string of the molecule is C[C@H](NC(=O)OC(C)(C)C)C(=O)Nc1ccccc1NC1CCCOC1. The molecule has 0 saturated carbocycles. The number of carbonyl (C=O) groups is 2. The van der Waals surface area contributed by atoms with Crippen LogP contribution >= 0.6 is 0 Å². The fraction of sp³-hybridized carbons (Fsp3) is 0.579. The summed E-state index contributed by atoms with van der Waals surface area (Å²) in [5.41, 5.74) is 0.889. The first-order chi connectivity index (χ1) is 12.2. The molecular weight excluding hydrogens is 334 g/mol. The molecule has 0 bridgehead atoms. The molecule has 1 aliphatic heterocycles. The number of amides is 2. The number of ether oxygens (including phenoxy) is 2. The zero-order valence-electron chi connectivity index (χ0n) is 15.9. The normalized spacial score (nSPS) is 18.5. The van der Waals surface area contributed by atoms with Crippen molar-refractivity contribution < 1.29 is 19.1 Å². The summed E-state index contributed by atoms with van der Waals surface area (Å²) in [5.74, 6) is -0.315. The zero-order chi connectivity index (χ0) is 19.2. The Kier molecular flexibility index (Phi) is 6.85. The summed E-state index contributed by atoms with van der Waals surface area (Å²) in [7, 11) is 0. The highest BCUT2D eigenvalue weighted by atomic mass is 16.6. The van der Waals surface area contributed by atoms with Crippen LogP contribution in [0.5, 0.6) is 0 Å². The van der Waals surface area contributed by atoms with Gasteiger partial charge in [0.25, 0.3) is 0 Å². The second-order valence-corrected chi connectivity index (χ2v) is 7.46. The van der Waals surface area contributed by atoms with E-state index in [0.29, 0.717) is 12.3 Å². The van der Waals surface area contributed by atoms with Gasteiger partial charge in [-0.3, -0.25) is 4.79 Å². The van der Waals surface area contributed by atoms with Crippen LogP contribution in [0.3, 0.4) is 0 Å². The molecule has 0 aromatic heterocycles. The standard InChI is InChI=1S/C19H29N3O4/c1-13(20-18(24)26-19(2,3)4)17(23)22-16-10-6-5-9-15(16)21-14-8-7-11-25-12-14/h5-6,9-10,13-14,21H,7-8,11-12H2,1-4H3,(H,20,24)(H,22,23)/t13-,14?/m0/s1. The predicted octanol–water partition coefficient (Wildman–Crippen LogP) is 3.13. The van der Waals surface area contributed by atoms with Gasteiger partial charge < -0.3 is 25.4 Å². The molecule has 2 atom stereocenters. The molecule has 1 aromatic rings. The van der Waals surface area contributed by atoms with Crippen molar-refractivity contribution in [3.63, 3.8) is 0 Å². The molecule has 3 N–H and O–H groups in total. The highest BCUT2D eigenvalue weighted by Crippen LogP contribution is 2.24. The Labute approximate surface area is 154 Å². The molecule has 0 radical (unpaired) electrons. The average molecular weight is 363 g/mol. The predicted molar refractivity (Wildman–Crippen MR) is 101 cm³/mol.